The number of hydrogen-bond donors (Lipinski definition) is 2. The summed E-state index contributed by atoms with van der Waals surface area (Å²) in [6.07, 6.45) is 6.65. The minimum Gasteiger partial charge on any atom is -0.322 e. The van der Waals surface area contributed by atoms with E-state index < -0.39 is 0 Å². The molecule has 0 atom stereocenters. The topological polar surface area (TPSA) is 93.8 Å². The molecule has 0 spiro atoms. The van der Waals surface area contributed by atoms with E-state index in [0.717, 1.165) is 16.6 Å². The predicted octanol–water partition coefficient (Wildman–Crippen LogP) is 4.86. The van der Waals surface area contributed by atoms with Gasteiger partial charge >= 0.3 is 6.03 Å². The monoisotopic (exact) mass is 436 g/mol. The molecule has 0 aliphatic heterocycles. The molecule has 162 valence electrons. The van der Waals surface area contributed by atoms with Crippen LogP contribution in [0.5, 0.6) is 0 Å². The third-order valence-electron chi connectivity index (χ3n) is 5.18. The number of benzene rings is 2. The lowest BCUT2D eigenvalue weighted by Gasteiger charge is -2.08. The molecule has 5 aromatic rings. The van der Waals surface area contributed by atoms with Gasteiger partial charge in [0.2, 0.25) is 0 Å². The van der Waals surface area contributed by atoms with Gasteiger partial charge in [0.1, 0.15) is 0 Å². The highest BCUT2D eigenvalue weighted by Crippen LogP contribution is 2.18. The Morgan fingerprint density at radius 1 is 0.909 bits per heavy atom. The van der Waals surface area contributed by atoms with Gasteiger partial charge in [-0.1, -0.05) is 24.3 Å². The Bertz CT molecular complexity index is 1480. The van der Waals surface area contributed by atoms with Gasteiger partial charge in [0.25, 0.3) is 5.91 Å². The summed E-state index contributed by atoms with van der Waals surface area (Å²) in [4.78, 5) is 29.5. The number of amides is 2. The van der Waals surface area contributed by atoms with Crippen LogP contribution in [0.1, 0.15) is 16.1 Å². The fourth-order valence-electron chi connectivity index (χ4n) is 3.59. The van der Waals surface area contributed by atoms with Crippen LogP contribution < -0.4 is 10.6 Å². The lowest BCUT2D eigenvalue weighted by Crippen LogP contribution is -2.18. The highest BCUT2D eigenvalue weighted by Gasteiger charge is 2.12. The number of carbonyl (C=O) groups excluding carboxylic acids is 2. The molecule has 2 aromatic carbocycles. The summed E-state index contributed by atoms with van der Waals surface area (Å²) in [5, 5.41) is 11.0. The van der Waals surface area contributed by atoms with Gasteiger partial charge in [-0.05, 0) is 49.4 Å². The molecule has 8 nitrogen and oxygen atoms in total. The highest BCUT2D eigenvalue weighted by molar-refractivity contribution is 6.04. The van der Waals surface area contributed by atoms with Gasteiger partial charge in [-0.3, -0.25) is 14.3 Å². The molecule has 0 saturated heterocycles. The maximum atomic E-state index is 12.7. The number of pyridine rings is 1. The van der Waals surface area contributed by atoms with E-state index >= 15 is 0 Å². The Hall–Kier alpha value is -4.72. The molecule has 3 aromatic heterocycles. The van der Waals surface area contributed by atoms with Crippen molar-refractivity contribution in [1.82, 2.24) is 19.3 Å². The van der Waals surface area contributed by atoms with Gasteiger partial charge in [-0.2, -0.15) is 5.10 Å². The average molecular weight is 436 g/mol. The fraction of sp³-hybridized carbons (Fsp3) is 0.0400. The fourth-order valence-corrected chi connectivity index (χ4v) is 3.59. The van der Waals surface area contributed by atoms with Gasteiger partial charge in [-0.15, -0.1) is 0 Å². The Labute approximate surface area is 189 Å². The maximum Gasteiger partial charge on any atom is 0.330 e. The Morgan fingerprint density at radius 2 is 1.79 bits per heavy atom. The van der Waals surface area contributed by atoms with Crippen LogP contribution in [0.4, 0.5) is 16.2 Å². The number of para-hydroxylation sites is 1. The van der Waals surface area contributed by atoms with Crippen LogP contribution in [0.15, 0.2) is 91.5 Å². The van der Waals surface area contributed by atoms with Gasteiger partial charge < -0.3 is 10.6 Å². The number of anilines is 2. The molecular formula is C25H20N6O2. The van der Waals surface area contributed by atoms with Crippen LogP contribution in [0.2, 0.25) is 0 Å². The largest absolute Gasteiger partial charge is 0.330 e. The zero-order valence-electron chi connectivity index (χ0n) is 17.8. The van der Waals surface area contributed by atoms with Crippen molar-refractivity contribution in [2.75, 3.05) is 10.6 Å². The quantitative estimate of drug-likeness (QED) is 0.421. The second kappa shape index (κ2) is 8.43. The Balaban J connectivity index is 1.32. The van der Waals surface area contributed by atoms with Crippen LogP contribution in [0.3, 0.4) is 0 Å². The number of aryl methyl sites for hydroxylation is 1. The lowest BCUT2D eigenvalue weighted by molar-refractivity contribution is 0.102. The molecule has 0 fully saturated rings. The van der Waals surface area contributed by atoms with E-state index in [0.29, 0.717) is 22.6 Å². The van der Waals surface area contributed by atoms with E-state index in [1.165, 1.54) is 0 Å². The SMILES string of the molecule is Cc1cc(NC(=O)c2cccc(-n3cc(NC(=O)n4ccc5ccccc54)cn3)c2)ccn1. The van der Waals surface area contributed by atoms with Crippen molar-refractivity contribution < 1.29 is 9.59 Å². The number of nitrogens with one attached hydrogen (secondary N) is 2. The second-order valence-corrected chi connectivity index (χ2v) is 7.54. The molecule has 0 bridgehead atoms. The average Bonchev–Trinajstić information content (AvgIpc) is 3.46. The molecule has 0 unspecified atom stereocenters. The van der Waals surface area contributed by atoms with Crippen molar-refractivity contribution in [2.24, 2.45) is 0 Å². The van der Waals surface area contributed by atoms with Gasteiger partial charge in [0, 0.05) is 34.7 Å². The van der Waals surface area contributed by atoms with Crippen LogP contribution in [-0.4, -0.2) is 31.3 Å². The van der Waals surface area contributed by atoms with Gasteiger partial charge in [0.05, 0.1) is 29.3 Å². The first-order valence-electron chi connectivity index (χ1n) is 10.3. The normalized spacial score (nSPS) is 10.8. The predicted molar refractivity (Wildman–Crippen MR) is 127 cm³/mol. The first-order chi connectivity index (χ1) is 16.1. The lowest BCUT2D eigenvalue weighted by atomic mass is 10.2. The maximum absolute atomic E-state index is 12.7. The number of carbonyl (C=O) groups is 2. The Kier molecular flexibility index (Phi) is 5.16. The molecule has 33 heavy (non-hydrogen) atoms. The van der Waals surface area contributed by atoms with Crippen molar-refractivity contribution in [3.05, 3.63) is 103 Å². The number of nitrogens with zero attached hydrogens (tertiary/aromatic N) is 4. The third-order valence-corrected chi connectivity index (χ3v) is 5.18. The number of aromatic nitrogens is 4. The third kappa shape index (κ3) is 4.22. The van der Waals surface area contributed by atoms with Crippen molar-refractivity contribution >= 4 is 34.2 Å². The van der Waals surface area contributed by atoms with Crippen molar-refractivity contribution in [3.63, 3.8) is 0 Å². The van der Waals surface area contributed by atoms with E-state index in [1.54, 1.807) is 64.4 Å². The van der Waals surface area contributed by atoms with Gasteiger partial charge in [-0.25, -0.2) is 9.48 Å². The van der Waals surface area contributed by atoms with E-state index in [2.05, 4.69) is 20.7 Å². The van der Waals surface area contributed by atoms with Crippen LogP contribution in [0.25, 0.3) is 16.6 Å². The van der Waals surface area contributed by atoms with Crippen LogP contribution in [0, 0.1) is 6.92 Å². The summed E-state index contributed by atoms with van der Waals surface area (Å²) < 4.78 is 3.16. The molecule has 2 amide bonds. The summed E-state index contributed by atoms with van der Waals surface area (Å²) in [6.45, 7) is 1.86. The molecule has 8 heteroatoms. The van der Waals surface area contributed by atoms with Crippen molar-refractivity contribution in [1.29, 1.82) is 0 Å². The molecule has 2 N–H and O–H groups in total. The standard InChI is InChI=1S/C25H20N6O2/c1-17-13-20(9-11-26-17)28-24(32)19-6-4-7-22(14-19)31-16-21(15-27-31)29-25(33)30-12-10-18-5-2-3-8-23(18)30/h2-16H,1H3,(H,29,33)(H,26,28,32). The molecule has 0 aliphatic rings. The summed E-state index contributed by atoms with van der Waals surface area (Å²) in [7, 11) is 0. The molecule has 3 heterocycles. The minimum atomic E-state index is -0.281. The summed E-state index contributed by atoms with van der Waals surface area (Å²) in [6, 6.07) is 19.9. The van der Waals surface area contributed by atoms with E-state index in [9.17, 15) is 9.59 Å². The second-order valence-electron chi connectivity index (χ2n) is 7.54. The van der Waals surface area contributed by atoms with Crippen LogP contribution in [-0.2, 0) is 0 Å². The summed E-state index contributed by atoms with van der Waals surface area (Å²) >= 11 is 0. The minimum absolute atomic E-state index is 0.234. The summed E-state index contributed by atoms with van der Waals surface area (Å²) in [5.41, 5.74) is 4.05. The molecule has 0 radical (unpaired) electrons. The van der Waals surface area contributed by atoms with Crippen molar-refractivity contribution in [3.8, 4) is 5.69 Å². The smallest absolute Gasteiger partial charge is 0.322 e. The zero-order chi connectivity index (χ0) is 22.8. The summed E-state index contributed by atoms with van der Waals surface area (Å²) in [5.74, 6) is -0.234. The molecular weight excluding hydrogens is 416 g/mol. The van der Waals surface area contributed by atoms with E-state index in [1.807, 2.05) is 43.3 Å². The highest BCUT2D eigenvalue weighted by atomic mass is 16.2. The van der Waals surface area contributed by atoms with Crippen LogP contribution >= 0.6 is 0 Å². The first kappa shape index (κ1) is 20.2. The van der Waals surface area contributed by atoms with Gasteiger partial charge in [0.15, 0.2) is 0 Å². The Morgan fingerprint density at radius 3 is 2.67 bits per heavy atom. The number of hydrogen-bond acceptors (Lipinski definition) is 4. The number of fused-ring (bicyclic) bond motifs is 1. The first-order valence-corrected chi connectivity index (χ1v) is 10.3. The molecule has 0 saturated carbocycles. The number of rotatable bonds is 4. The molecule has 0 aliphatic carbocycles. The van der Waals surface area contributed by atoms with Crippen molar-refractivity contribution in [2.45, 2.75) is 6.92 Å². The van der Waals surface area contributed by atoms with E-state index in [4.69, 9.17) is 0 Å². The van der Waals surface area contributed by atoms with E-state index in [-0.39, 0.29) is 11.9 Å². The molecule has 5 rings (SSSR count). The zero-order valence-corrected chi connectivity index (χ0v) is 17.8.